The van der Waals surface area contributed by atoms with E-state index in [0.717, 1.165) is 49.9 Å². The molecule has 1 saturated heterocycles. The molecule has 2 heterocycles. The van der Waals surface area contributed by atoms with E-state index < -0.39 is 10.0 Å². The molecule has 158 valence electrons. The number of aliphatic imine (C=N–C) groups is 1. The van der Waals surface area contributed by atoms with E-state index in [0.29, 0.717) is 6.54 Å². The zero-order valence-electron chi connectivity index (χ0n) is 16.8. The molecule has 0 unspecified atom stereocenters. The average molecular weight is 421 g/mol. The molecule has 10 heteroatoms. The maximum absolute atomic E-state index is 12.3. The quantitative estimate of drug-likeness (QED) is 0.385. The number of sulfonamides is 1. The van der Waals surface area contributed by atoms with Crippen molar-refractivity contribution in [2.75, 3.05) is 46.3 Å². The molecule has 2 aromatic rings. The minimum absolute atomic E-state index is 0.274. The number of aryl methyl sites for hydroxylation is 1. The van der Waals surface area contributed by atoms with Crippen LogP contribution in [0.5, 0.6) is 0 Å². The summed E-state index contributed by atoms with van der Waals surface area (Å²) in [6, 6.07) is 8.68. The van der Waals surface area contributed by atoms with Crippen molar-refractivity contribution in [3.63, 3.8) is 0 Å². The Morgan fingerprint density at radius 2 is 1.86 bits per heavy atom. The van der Waals surface area contributed by atoms with Gasteiger partial charge in [0.1, 0.15) is 6.26 Å². The number of benzene rings is 1. The highest BCUT2D eigenvalue weighted by Gasteiger charge is 2.20. The van der Waals surface area contributed by atoms with Crippen molar-refractivity contribution in [1.29, 1.82) is 0 Å². The Morgan fingerprint density at radius 1 is 1.14 bits per heavy atom. The van der Waals surface area contributed by atoms with Gasteiger partial charge in [-0.2, -0.15) is 0 Å². The fourth-order valence-electron chi connectivity index (χ4n) is 3.16. The van der Waals surface area contributed by atoms with Gasteiger partial charge in [-0.05, 0) is 19.1 Å². The lowest BCUT2D eigenvalue weighted by Crippen LogP contribution is -2.53. The molecule has 1 aromatic carbocycles. The fourth-order valence-corrected chi connectivity index (χ4v) is 4.19. The number of guanidine groups is 1. The Labute approximate surface area is 171 Å². The summed E-state index contributed by atoms with van der Waals surface area (Å²) >= 11 is 0. The topological polar surface area (TPSA) is 103 Å². The van der Waals surface area contributed by atoms with Crippen LogP contribution in [-0.2, 0) is 16.6 Å². The number of piperazine rings is 1. The second kappa shape index (κ2) is 9.86. The molecule has 29 heavy (non-hydrogen) atoms. The molecule has 1 fully saturated rings. The molecule has 0 aliphatic carbocycles. The van der Waals surface area contributed by atoms with Gasteiger partial charge in [-0.3, -0.25) is 9.89 Å². The van der Waals surface area contributed by atoms with Gasteiger partial charge < -0.3 is 14.7 Å². The molecule has 0 saturated carbocycles. The van der Waals surface area contributed by atoms with E-state index in [1.54, 1.807) is 37.6 Å². The van der Waals surface area contributed by atoms with E-state index in [9.17, 15) is 8.42 Å². The number of aromatic nitrogens is 1. The van der Waals surface area contributed by atoms with Crippen molar-refractivity contribution in [2.24, 2.45) is 4.99 Å². The molecule has 9 nitrogen and oxygen atoms in total. The van der Waals surface area contributed by atoms with Gasteiger partial charge in [0.15, 0.2) is 5.96 Å². The number of hydrogen-bond acceptors (Lipinski definition) is 6. The van der Waals surface area contributed by atoms with Crippen molar-refractivity contribution in [3.05, 3.63) is 47.9 Å². The first-order valence-corrected chi connectivity index (χ1v) is 11.1. The summed E-state index contributed by atoms with van der Waals surface area (Å²) in [7, 11) is -1.77. The molecular formula is C19H28N6O3S. The highest BCUT2D eigenvalue weighted by atomic mass is 32.2. The van der Waals surface area contributed by atoms with Crippen LogP contribution < -0.4 is 10.0 Å². The number of rotatable bonds is 7. The third-order valence-corrected chi connectivity index (χ3v) is 6.27. The number of nitrogens with zero attached hydrogens (tertiary/aromatic N) is 4. The van der Waals surface area contributed by atoms with E-state index in [1.807, 2.05) is 13.0 Å². The normalized spacial score (nSPS) is 16.2. The van der Waals surface area contributed by atoms with Gasteiger partial charge in [0, 0.05) is 58.9 Å². The molecule has 0 radical (unpaired) electrons. The molecule has 0 amide bonds. The van der Waals surface area contributed by atoms with Crippen LogP contribution in [0.25, 0.3) is 0 Å². The summed E-state index contributed by atoms with van der Waals surface area (Å²) in [6.45, 7) is 6.91. The average Bonchev–Trinajstić information content (AvgIpc) is 3.22. The molecular weight excluding hydrogens is 392 g/mol. The maximum Gasteiger partial charge on any atom is 0.240 e. The summed E-state index contributed by atoms with van der Waals surface area (Å²) in [5.41, 5.74) is 1.96. The van der Waals surface area contributed by atoms with E-state index in [4.69, 9.17) is 4.52 Å². The zero-order chi connectivity index (χ0) is 20.7. The van der Waals surface area contributed by atoms with Crippen LogP contribution in [0.15, 0.2) is 51.0 Å². The van der Waals surface area contributed by atoms with Crippen LogP contribution in [0.3, 0.4) is 0 Å². The Morgan fingerprint density at radius 3 is 2.48 bits per heavy atom. The lowest BCUT2D eigenvalue weighted by atomic mass is 10.2. The Hall–Kier alpha value is -2.43. The largest absolute Gasteiger partial charge is 0.364 e. The van der Waals surface area contributed by atoms with Gasteiger partial charge in [-0.25, -0.2) is 13.1 Å². The minimum Gasteiger partial charge on any atom is -0.364 e. The van der Waals surface area contributed by atoms with Gasteiger partial charge in [-0.15, -0.1) is 0 Å². The van der Waals surface area contributed by atoms with Crippen molar-refractivity contribution < 1.29 is 12.9 Å². The molecule has 0 spiro atoms. The molecule has 1 aliphatic rings. The van der Waals surface area contributed by atoms with Crippen LogP contribution in [0.2, 0.25) is 0 Å². The van der Waals surface area contributed by atoms with Crippen molar-refractivity contribution in [1.82, 2.24) is 25.0 Å². The van der Waals surface area contributed by atoms with Gasteiger partial charge in [0.25, 0.3) is 0 Å². The molecule has 0 bridgehead atoms. The van der Waals surface area contributed by atoms with Crippen LogP contribution in [0, 0.1) is 6.92 Å². The number of nitrogens with one attached hydrogen (secondary N) is 2. The first kappa shape index (κ1) is 21.3. The van der Waals surface area contributed by atoms with Gasteiger partial charge in [0.2, 0.25) is 10.0 Å². The van der Waals surface area contributed by atoms with Crippen molar-refractivity contribution in [3.8, 4) is 0 Å². The Balaban J connectivity index is 1.41. The molecule has 2 N–H and O–H groups in total. The third kappa shape index (κ3) is 6.02. The highest BCUT2D eigenvalue weighted by Crippen LogP contribution is 2.09. The van der Waals surface area contributed by atoms with Gasteiger partial charge >= 0.3 is 0 Å². The summed E-state index contributed by atoms with van der Waals surface area (Å²) in [5, 5.41) is 7.19. The van der Waals surface area contributed by atoms with E-state index in [2.05, 4.69) is 30.0 Å². The standard InChI is InChI=1S/C19H28N6O3S/c1-16-3-5-18(6-4-16)29(26,27)22-9-8-21-19(20-2)25-12-10-24(11-13-25)15-17-7-14-28-23-17/h3-7,14,22H,8-13,15H2,1-2H3,(H,20,21). The van der Waals surface area contributed by atoms with Crippen LogP contribution in [0.4, 0.5) is 0 Å². The number of hydrogen-bond donors (Lipinski definition) is 2. The van der Waals surface area contributed by atoms with Crippen LogP contribution >= 0.6 is 0 Å². The lowest BCUT2D eigenvalue weighted by Gasteiger charge is -2.36. The Kier molecular flexibility index (Phi) is 7.24. The van der Waals surface area contributed by atoms with Crippen LogP contribution in [-0.4, -0.2) is 75.7 Å². The second-order valence-corrected chi connectivity index (χ2v) is 8.71. The monoisotopic (exact) mass is 420 g/mol. The van der Waals surface area contributed by atoms with Crippen LogP contribution in [0.1, 0.15) is 11.3 Å². The van der Waals surface area contributed by atoms with Crippen molar-refractivity contribution in [2.45, 2.75) is 18.4 Å². The van der Waals surface area contributed by atoms with E-state index in [1.165, 1.54) is 0 Å². The summed E-state index contributed by atoms with van der Waals surface area (Å²) in [6.07, 6.45) is 1.59. The molecule has 0 atom stereocenters. The fraction of sp³-hybridized carbons (Fsp3) is 0.474. The van der Waals surface area contributed by atoms with Gasteiger partial charge in [-0.1, -0.05) is 22.9 Å². The SMILES string of the molecule is CN=C(NCCNS(=O)(=O)c1ccc(C)cc1)N1CCN(Cc2ccon2)CC1. The first-order chi connectivity index (χ1) is 14.0. The molecule has 3 rings (SSSR count). The third-order valence-electron chi connectivity index (χ3n) is 4.79. The lowest BCUT2D eigenvalue weighted by molar-refractivity contribution is 0.169. The zero-order valence-corrected chi connectivity index (χ0v) is 17.7. The summed E-state index contributed by atoms with van der Waals surface area (Å²) in [4.78, 5) is 9.09. The van der Waals surface area contributed by atoms with E-state index >= 15 is 0 Å². The molecule has 1 aliphatic heterocycles. The summed E-state index contributed by atoms with van der Waals surface area (Å²) in [5.74, 6) is 0.778. The van der Waals surface area contributed by atoms with E-state index in [-0.39, 0.29) is 11.4 Å². The predicted molar refractivity (Wildman–Crippen MR) is 111 cm³/mol. The highest BCUT2D eigenvalue weighted by molar-refractivity contribution is 7.89. The van der Waals surface area contributed by atoms with Gasteiger partial charge in [0.05, 0.1) is 10.6 Å². The second-order valence-electron chi connectivity index (χ2n) is 6.94. The molecule has 1 aromatic heterocycles. The predicted octanol–water partition coefficient (Wildman–Crippen LogP) is 0.655. The first-order valence-electron chi connectivity index (χ1n) is 9.61. The summed E-state index contributed by atoms with van der Waals surface area (Å²) < 4.78 is 32.2. The minimum atomic E-state index is -3.50. The van der Waals surface area contributed by atoms with Crippen molar-refractivity contribution >= 4 is 16.0 Å². The maximum atomic E-state index is 12.3. The Bertz CT molecular complexity index is 889. The smallest absolute Gasteiger partial charge is 0.240 e.